The van der Waals surface area contributed by atoms with Gasteiger partial charge in [-0.25, -0.2) is 0 Å². The number of alkyl halides is 3. The minimum absolute atomic E-state index is 0.148. The van der Waals surface area contributed by atoms with Crippen molar-refractivity contribution in [2.75, 3.05) is 5.75 Å². The molecular weight excluding hydrogens is 491 g/mol. The van der Waals surface area contributed by atoms with Crippen molar-refractivity contribution in [2.24, 2.45) is 0 Å². The minimum atomic E-state index is -4.37. The second kappa shape index (κ2) is 7.77. The van der Waals surface area contributed by atoms with Crippen LogP contribution in [0.5, 0.6) is 0 Å². The van der Waals surface area contributed by atoms with Crippen molar-refractivity contribution in [2.45, 2.75) is 30.6 Å². The van der Waals surface area contributed by atoms with Crippen molar-refractivity contribution in [1.29, 1.82) is 0 Å². The monoisotopic (exact) mass is 503 g/mol. The number of benzene rings is 1. The summed E-state index contributed by atoms with van der Waals surface area (Å²) in [7, 11) is 0. The lowest BCUT2D eigenvalue weighted by atomic mass is 10.1. The number of aliphatic carboxylic acids is 1. The summed E-state index contributed by atoms with van der Waals surface area (Å²) >= 11 is 5.90. The van der Waals surface area contributed by atoms with Gasteiger partial charge in [0.2, 0.25) is 4.73 Å². The van der Waals surface area contributed by atoms with Crippen molar-refractivity contribution >= 4 is 45.0 Å². The summed E-state index contributed by atoms with van der Waals surface area (Å²) in [5.74, 6) is -1.10. The maximum atomic E-state index is 12.9. The van der Waals surface area contributed by atoms with Crippen molar-refractivity contribution in [3.8, 4) is 15.4 Å². The standard InChI is InChI=1S/C18H13BrF3N3O2S2/c19-16-23-24-17(28-8-13(26)27)25(16)15-12-3-1-2-11(12)14(29-15)9-4-6-10(7-5-9)18(20,21)22/h4-7H,1-3,8H2,(H,26,27). The smallest absolute Gasteiger partial charge is 0.416 e. The molecule has 11 heteroatoms. The second-order valence-electron chi connectivity index (χ2n) is 6.39. The van der Waals surface area contributed by atoms with Crippen LogP contribution in [0.25, 0.3) is 15.4 Å². The predicted octanol–water partition coefficient (Wildman–Crippen LogP) is 5.44. The molecule has 0 bridgehead atoms. The van der Waals surface area contributed by atoms with Crippen LogP contribution in [0, 0.1) is 0 Å². The normalized spacial score (nSPS) is 13.7. The van der Waals surface area contributed by atoms with Gasteiger partial charge in [0.15, 0.2) is 5.16 Å². The van der Waals surface area contributed by atoms with E-state index in [9.17, 15) is 18.0 Å². The molecule has 4 rings (SSSR count). The third-order valence-electron chi connectivity index (χ3n) is 4.54. The summed E-state index contributed by atoms with van der Waals surface area (Å²) in [6.07, 6.45) is -1.73. The van der Waals surface area contributed by atoms with E-state index in [2.05, 4.69) is 26.1 Å². The molecule has 0 fully saturated rings. The lowest BCUT2D eigenvalue weighted by Crippen LogP contribution is -2.03. The van der Waals surface area contributed by atoms with Crippen molar-refractivity contribution in [1.82, 2.24) is 14.8 Å². The van der Waals surface area contributed by atoms with Gasteiger partial charge in [-0.2, -0.15) is 13.2 Å². The fraction of sp³-hybridized carbons (Fsp3) is 0.278. The molecule has 5 nitrogen and oxygen atoms in total. The number of aromatic nitrogens is 3. The molecule has 0 unspecified atom stereocenters. The van der Waals surface area contributed by atoms with E-state index in [0.29, 0.717) is 9.89 Å². The Labute approximate surface area is 180 Å². The number of fused-ring (bicyclic) bond motifs is 1. The van der Waals surface area contributed by atoms with Crippen LogP contribution in [-0.2, 0) is 23.8 Å². The number of thioether (sulfide) groups is 1. The zero-order valence-electron chi connectivity index (χ0n) is 14.7. The molecule has 1 aliphatic rings. The number of hydrogen-bond donors (Lipinski definition) is 1. The van der Waals surface area contributed by atoms with Crippen LogP contribution in [-0.4, -0.2) is 31.6 Å². The molecule has 0 radical (unpaired) electrons. The Hall–Kier alpha value is -1.85. The number of carboxylic acid groups (broad SMARTS) is 1. The van der Waals surface area contributed by atoms with Gasteiger partial charge in [-0.05, 0) is 64.0 Å². The Morgan fingerprint density at radius 3 is 2.55 bits per heavy atom. The van der Waals surface area contributed by atoms with Crippen molar-refractivity contribution < 1.29 is 23.1 Å². The van der Waals surface area contributed by atoms with Crippen LogP contribution in [0.3, 0.4) is 0 Å². The van der Waals surface area contributed by atoms with Gasteiger partial charge < -0.3 is 5.11 Å². The SMILES string of the molecule is O=C(O)CSc1nnc(Br)n1-c1sc(-c2ccc(C(F)(F)F)cc2)c2c1CCC2. The van der Waals surface area contributed by atoms with Crippen LogP contribution in [0.2, 0.25) is 0 Å². The molecule has 1 N–H and O–H groups in total. The number of rotatable bonds is 5. The zero-order chi connectivity index (χ0) is 20.8. The minimum Gasteiger partial charge on any atom is -0.481 e. The third kappa shape index (κ3) is 3.95. The molecule has 0 aliphatic heterocycles. The van der Waals surface area contributed by atoms with Crippen LogP contribution < -0.4 is 0 Å². The Balaban J connectivity index is 1.77. The summed E-state index contributed by atoms with van der Waals surface area (Å²) in [5, 5.41) is 18.4. The molecule has 0 saturated heterocycles. The van der Waals surface area contributed by atoms with Gasteiger partial charge in [0.25, 0.3) is 0 Å². The lowest BCUT2D eigenvalue weighted by Gasteiger charge is -2.08. The number of thiophene rings is 1. The number of carboxylic acids is 1. The Morgan fingerprint density at radius 1 is 1.21 bits per heavy atom. The highest BCUT2D eigenvalue weighted by atomic mass is 79.9. The average Bonchev–Trinajstić information content (AvgIpc) is 3.35. The van der Waals surface area contributed by atoms with Crippen LogP contribution in [0.4, 0.5) is 13.2 Å². The van der Waals surface area contributed by atoms with E-state index < -0.39 is 17.7 Å². The first-order chi connectivity index (χ1) is 13.8. The van der Waals surface area contributed by atoms with Gasteiger partial charge in [0.05, 0.1) is 11.3 Å². The number of hydrogen-bond acceptors (Lipinski definition) is 5. The Morgan fingerprint density at radius 2 is 1.90 bits per heavy atom. The summed E-state index contributed by atoms with van der Waals surface area (Å²) in [5.41, 5.74) is 2.29. The van der Waals surface area contributed by atoms with E-state index in [-0.39, 0.29) is 5.75 Å². The zero-order valence-corrected chi connectivity index (χ0v) is 17.9. The lowest BCUT2D eigenvalue weighted by molar-refractivity contribution is -0.137. The fourth-order valence-corrected chi connectivity index (χ4v) is 6.10. The van der Waals surface area contributed by atoms with Crippen LogP contribution in [0.15, 0.2) is 34.2 Å². The topological polar surface area (TPSA) is 68.0 Å². The molecule has 3 aromatic rings. The van der Waals surface area contributed by atoms with E-state index in [1.54, 1.807) is 4.57 Å². The molecule has 1 aromatic carbocycles. The molecule has 2 aromatic heterocycles. The number of nitrogens with zero attached hydrogens (tertiary/aromatic N) is 3. The molecule has 0 spiro atoms. The number of carbonyl (C=O) groups is 1. The summed E-state index contributed by atoms with van der Waals surface area (Å²) in [6.45, 7) is 0. The van der Waals surface area contributed by atoms with Crippen molar-refractivity contribution in [3.05, 3.63) is 45.7 Å². The highest BCUT2D eigenvalue weighted by Gasteiger charge is 2.31. The second-order valence-corrected chi connectivity index (χ2v) is 9.04. The van der Waals surface area contributed by atoms with Gasteiger partial charge >= 0.3 is 12.1 Å². The predicted molar refractivity (Wildman–Crippen MR) is 108 cm³/mol. The first kappa shape index (κ1) is 20.4. The van der Waals surface area contributed by atoms with Crippen LogP contribution in [0.1, 0.15) is 23.1 Å². The van der Waals surface area contributed by atoms with Gasteiger partial charge in [-0.1, -0.05) is 23.9 Å². The molecule has 0 atom stereocenters. The van der Waals surface area contributed by atoms with Gasteiger partial charge in [-0.15, -0.1) is 21.5 Å². The summed E-state index contributed by atoms with van der Waals surface area (Å²) in [6, 6.07) is 5.19. The summed E-state index contributed by atoms with van der Waals surface area (Å²) in [4.78, 5) is 11.9. The van der Waals surface area contributed by atoms with E-state index in [1.807, 2.05) is 0 Å². The maximum absolute atomic E-state index is 12.9. The average molecular weight is 504 g/mol. The Kier molecular flexibility index (Phi) is 5.47. The van der Waals surface area contributed by atoms with E-state index in [1.165, 1.54) is 23.5 Å². The van der Waals surface area contributed by atoms with E-state index in [0.717, 1.165) is 69.7 Å². The largest absolute Gasteiger partial charge is 0.481 e. The molecule has 1 aliphatic carbocycles. The first-order valence-corrected chi connectivity index (χ1v) is 11.1. The quantitative estimate of drug-likeness (QED) is 0.469. The molecule has 2 heterocycles. The summed E-state index contributed by atoms with van der Waals surface area (Å²) < 4.78 is 40.9. The third-order valence-corrected chi connectivity index (χ3v) is 7.28. The highest BCUT2D eigenvalue weighted by molar-refractivity contribution is 9.10. The van der Waals surface area contributed by atoms with E-state index >= 15 is 0 Å². The fourth-order valence-electron chi connectivity index (χ4n) is 3.32. The van der Waals surface area contributed by atoms with Gasteiger partial charge in [0, 0.05) is 4.88 Å². The molecule has 152 valence electrons. The van der Waals surface area contributed by atoms with Crippen LogP contribution >= 0.6 is 39.0 Å². The molecule has 0 saturated carbocycles. The van der Waals surface area contributed by atoms with E-state index in [4.69, 9.17) is 5.11 Å². The van der Waals surface area contributed by atoms with Crippen molar-refractivity contribution in [3.63, 3.8) is 0 Å². The number of halogens is 4. The molecule has 0 amide bonds. The van der Waals surface area contributed by atoms with Gasteiger partial charge in [-0.3, -0.25) is 9.36 Å². The first-order valence-electron chi connectivity index (χ1n) is 8.53. The van der Waals surface area contributed by atoms with Gasteiger partial charge in [0.1, 0.15) is 5.00 Å². The molecular formula is C18H13BrF3N3O2S2. The maximum Gasteiger partial charge on any atom is 0.416 e. The molecule has 29 heavy (non-hydrogen) atoms. The Bertz CT molecular complexity index is 1080. The highest BCUT2D eigenvalue weighted by Crippen LogP contribution is 2.45.